The van der Waals surface area contributed by atoms with Crippen molar-refractivity contribution in [2.45, 2.75) is 19.3 Å². The third kappa shape index (κ3) is 2.24. The van der Waals surface area contributed by atoms with E-state index in [1.807, 2.05) is 12.1 Å². The predicted molar refractivity (Wildman–Crippen MR) is 50.2 cm³/mol. The van der Waals surface area contributed by atoms with Crippen molar-refractivity contribution in [3.8, 4) is 5.75 Å². The summed E-state index contributed by atoms with van der Waals surface area (Å²) in [6.07, 6.45) is 0.991. The van der Waals surface area contributed by atoms with Crippen LogP contribution in [0.25, 0.3) is 0 Å². The Morgan fingerprint density at radius 1 is 1.33 bits per heavy atom. The normalized spacial score (nSPS) is 12.8. The lowest BCUT2D eigenvalue weighted by atomic mass is 9.98. The Hall–Kier alpha value is -1.02. The largest absolute Gasteiger partial charge is 0.508 e. The van der Waals surface area contributed by atoms with Gasteiger partial charge >= 0.3 is 0 Å². The van der Waals surface area contributed by atoms with Gasteiger partial charge in [0.1, 0.15) is 5.75 Å². The summed E-state index contributed by atoms with van der Waals surface area (Å²) in [6.45, 7) is 2.85. The van der Waals surface area contributed by atoms with E-state index in [1.54, 1.807) is 12.1 Å². The standard InChI is InChI=1S/C10H15NO/c1-8(6-7-11)9-2-4-10(12)5-3-9/h2-5,8,12H,6-7,11H2,1H3. The Morgan fingerprint density at radius 2 is 1.92 bits per heavy atom. The molecule has 1 aromatic carbocycles. The Labute approximate surface area is 73.0 Å². The molecule has 2 heteroatoms. The van der Waals surface area contributed by atoms with E-state index >= 15 is 0 Å². The van der Waals surface area contributed by atoms with Crippen LogP contribution in [-0.2, 0) is 0 Å². The molecule has 0 amide bonds. The molecule has 1 atom stereocenters. The maximum absolute atomic E-state index is 9.04. The quantitative estimate of drug-likeness (QED) is 0.718. The van der Waals surface area contributed by atoms with E-state index in [1.165, 1.54) is 5.56 Å². The lowest BCUT2D eigenvalue weighted by Crippen LogP contribution is -2.04. The zero-order chi connectivity index (χ0) is 8.97. The van der Waals surface area contributed by atoms with Gasteiger partial charge in [-0.2, -0.15) is 0 Å². The summed E-state index contributed by atoms with van der Waals surface area (Å²) in [5.41, 5.74) is 6.68. The third-order valence-electron chi connectivity index (χ3n) is 2.06. The van der Waals surface area contributed by atoms with Crippen molar-refractivity contribution in [3.05, 3.63) is 29.8 Å². The molecule has 0 aliphatic heterocycles. The van der Waals surface area contributed by atoms with Gasteiger partial charge in [0.05, 0.1) is 0 Å². The second kappa shape index (κ2) is 4.12. The average Bonchev–Trinajstić information content (AvgIpc) is 2.06. The fourth-order valence-electron chi connectivity index (χ4n) is 1.22. The summed E-state index contributed by atoms with van der Waals surface area (Å²) in [7, 11) is 0. The number of phenols is 1. The van der Waals surface area contributed by atoms with Crippen LogP contribution < -0.4 is 5.73 Å². The fourth-order valence-corrected chi connectivity index (χ4v) is 1.22. The minimum Gasteiger partial charge on any atom is -0.508 e. The molecule has 0 heterocycles. The van der Waals surface area contributed by atoms with E-state index in [0.29, 0.717) is 18.2 Å². The molecule has 0 spiro atoms. The highest BCUT2D eigenvalue weighted by Crippen LogP contribution is 2.20. The maximum Gasteiger partial charge on any atom is 0.115 e. The maximum atomic E-state index is 9.04. The molecule has 3 N–H and O–H groups in total. The van der Waals surface area contributed by atoms with Crippen molar-refractivity contribution in [2.75, 3.05) is 6.54 Å². The lowest BCUT2D eigenvalue weighted by Gasteiger charge is -2.09. The van der Waals surface area contributed by atoms with Gasteiger partial charge in [-0.25, -0.2) is 0 Å². The predicted octanol–water partition coefficient (Wildman–Crippen LogP) is 1.84. The van der Waals surface area contributed by atoms with Crippen molar-refractivity contribution in [2.24, 2.45) is 5.73 Å². The first-order chi connectivity index (χ1) is 5.74. The van der Waals surface area contributed by atoms with Crippen LogP contribution in [0.15, 0.2) is 24.3 Å². The molecular formula is C10H15NO. The number of hydrogen-bond donors (Lipinski definition) is 2. The molecule has 1 unspecified atom stereocenters. The lowest BCUT2D eigenvalue weighted by molar-refractivity contribution is 0.475. The third-order valence-corrected chi connectivity index (χ3v) is 2.06. The van der Waals surface area contributed by atoms with Crippen molar-refractivity contribution in [1.29, 1.82) is 0 Å². The molecule has 2 nitrogen and oxygen atoms in total. The van der Waals surface area contributed by atoms with E-state index in [2.05, 4.69) is 6.92 Å². The van der Waals surface area contributed by atoms with Gasteiger partial charge in [0, 0.05) is 0 Å². The van der Waals surface area contributed by atoms with Crippen LogP contribution in [0.1, 0.15) is 24.8 Å². The molecule has 0 fully saturated rings. The van der Waals surface area contributed by atoms with Crippen LogP contribution in [0.3, 0.4) is 0 Å². The van der Waals surface area contributed by atoms with Gasteiger partial charge in [-0.1, -0.05) is 19.1 Å². The molecule has 66 valence electrons. The number of nitrogens with two attached hydrogens (primary N) is 1. The molecule has 0 radical (unpaired) electrons. The molecule has 1 rings (SSSR count). The number of phenolic OH excluding ortho intramolecular Hbond substituents is 1. The molecule has 1 aromatic rings. The van der Waals surface area contributed by atoms with Crippen LogP contribution in [0.5, 0.6) is 5.75 Å². The Bertz CT molecular complexity index is 230. The minimum absolute atomic E-state index is 0.318. The van der Waals surface area contributed by atoms with Crippen LogP contribution in [-0.4, -0.2) is 11.7 Å². The van der Waals surface area contributed by atoms with Gasteiger partial charge in [-0.3, -0.25) is 0 Å². The van der Waals surface area contributed by atoms with E-state index < -0.39 is 0 Å². The molecule has 0 saturated carbocycles. The summed E-state index contributed by atoms with van der Waals surface area (Å²) in [6, 6.07) is 7.30. The summed E-state index contributed by atoms with van der Waals surface area (Å²) in [4.78, 5) is 0. The average molecular weight is 165 g/mol. The molecular weight excluding hydrogens is 150 g/mol. The summed E-state index contributed by atoms with van der Waals surface area (Å²) < 4.78 is 0. The molecule has 0 aromatic heterocycles. The van der Waals surface area contributed by atoms with E-state index in [-0.39, 0.29) is 0 Å². The van der Waals surface area contributed by atoms with Crippen LogP contribution in [0.2, 0.25) is 0 Å². The smallest absolute Gasteiger partial charge is 0.115 e. The Kier molecular flexibility index (Phi) is 3.11. The second-order valence-electron chi connectivity index (χ2n) is 3.07. The monoisotopic (exact) mass is 165 g/mol. The van der Waals surface area contributed by atoms with Crippen molar-refractivity contribution >= 4 is 0 Å². The first kappa shape index (κ1) is 9.07. The first-order valence-electron chi connectivity index (χ1n) is 4.23. The summed E-state index contributed by atoms with van der Waals surface area (Å²) in [5.74, 6) is 0.800. The Balaban J connectivity index is 2.68. The van der Waals surface area contributed by atoms with Crippen LogP contribution in [0.4, 0.5) is 0 Å². The minimum atomic E-state index is 0.318. The van der Waals surface area contributed by atoms with Crippen LogP contribution in [0, 0.1) is 0 Å². The summed E-state index contributed by atoms with van der Waals surface area (Å²) >= 11 is 0. The number of rotatable bonds is 3. The Morgan fingerprint density at radius 3 is 2.42 bits per heavy atom. The van der Waals surface area contributed by atoms with Gasteiger partial charge in [-0.05, 0) is 36.6 Å². The van der Waals surface area contributed by atoms with Gasteiger partial charge < -0.3 is 10.8 Å². The summed E-state index contributed by atoms with van der Waals surface area (Å²) in [5, 5.41) is 9.04. The van der Waals surface area contributed by atoms with Crippen molar-refractivity contribution < 1.29 is 5.11 Å². The topological polar surface area (TPSA) is 46.2 Å². The van der Waals surface area contributed by atoms with E-state index in [0.717, 1.165) is 6.42 Å². The molecule has 0 bridgehead atoms. The van der Waals surface area contributed by atoms with E-state index in [4.69, 9.17) is 10.8 Å². The SMILES string of the molecule is CC(CCN)c1ccc(O)cc1. The number of benzene rings is 1. The van der Waals surface area contributed by atoms with Gasteiger partial charge in [0.15, 0.2) is 0 Å². The van der Waals surface area contributed by atoms with Gasteiger partial charge in [0.2, 0.25) is 0 Å². The highest BCUT2D eigenvalue weighted by molar-refractivity contribution is 5.27. The molecule has 0 saturated heterocycles. The highest BCUT2D eigenvalue weighted by atomic mass is 16.3. The fraction of sp³-hybridized carbons (Fsp3) is 0.400. The molecule has 0 aliphatic rings. The van der Waals surface area contributed by atoms with Crippen molar-refractivity contribution in [3.63, 3.8) is 0 Å². The second-order valence-corrected chi connectivity index (χ2v) is 3.07. The van der Waals surface area contributed by atoms with Gasteiger partial charge in [-0.15, -0.1) is 0 Å². The van der Waals surface area contributed by atoms with Gasteiger partial charge in [0.25, 0.3) is 0 Å². The zero-order valence-electron chi connectivity index (χ0n) is 7.33. The van der Waals surface area contributed by atoms with E-state index in [9.17, 15) is 0 Å². The molecule has 12 heavy (non-hydrogen) atoms. The van der Waals surface area contributed by atoms with Crippen molar-refractivity contribution in [1.82, 2.24) is 0 Å². The number of hydrogen-bond acceptors (Lipinski definition) is 2. The highest BCUT2D eigenvalue weighted by Gasteiger charge is 2.02. The zero-order valence-corrected chi connectivity index (χ0v) is 7.33. The molecule has 0 aliphatic carbocycles. The number of aromatic hydroxyl groups is 1. The van der Waals surface area contributed by atoms with Crippen LogP contribution >= 0.6 is 0 Å². The first-order valence-corrected chi connectivity index (χ1v) is 4.23.